The molecule has 2 heteroatoms. The minimum Gasteiger partial charge on any atom is -0.228 e. The van der Waals surface area contributed by atoms with Crippen LogP contribution in [-0.2, 0) is 5.41 Å². The summed E-state index contributed by atoms with van der Waals surface area (Å²) in [4.78, 5) is 9.67. The summed E-state index contributed by atoms with van der Waals surface area (Å²) in [6.07, 6.45) is -16.9. The van der Waals surface area contributed by atoms with Gasteiger partial charge < -0.3 is 0 Å². The average Bonchev–Trinajstić information content (AvgIpc) is 3.36. The maximum absolute atomic E-state index is 9.31. The van der Waals surface area contributed by atoms with Gasteiger partial charge in [0.15, 0.2) is 5.82 Å². The van der Waals surface area contributed by atoms with E-state index in [-0.39, 0.29) is 11.1 Å². The predicted molar refractivity (Wildman–Crippen MR) is 148 cm³/mol. The van der Waals surface area contributed by atoms with Gasteiger partial charge in [0.25, 0.3) is 0 Å². The molecule has 1 saturated carbocycles. The number of benzene rings is 4. The van der Waals surface area contributed by atoms with Crippen LogP contribution in [0.1, 0.15) is 56.7 Å². The van der Waals surface area contributed by atoms with Gasteiger partial charge in [-0.15, -0.1) is 0 Å². The molecule has 5 aromatic rings. The monoisotopic (exact) mass is 474 g/mol. The Kier molecular flexibility index (Phi) is 3.17. The average molecular weight is 475 g/mol. The second kappa shape index (κ2) is 8.57. The van der Waals surface area contributed by atoms with Gasteiger partial charge in [0, 0.05) is 35.8 Å². The molecular formula is C34H28N2. The minimum absolute atomic E-state index is 0.0329. The zero-order valence-electron chi connectivity index (χ0n) is 29.3. The summed E-state index contributed by atoms with van der Waals surface area (Å²) in [6, 6.07) is 32.2. The first-order valence-electron chi connectivity index (χ1n) is 16.9. The normalized spacial score (nSPS) is 26.6. The van der Waals surface area contributed by atoms with Gasteiger partial charge in [-0.25, -0.2) is 9.97 Å². The smallest absolute Gasteiger partial charge is 0.160 e. The van der Waals surface area contributed by atoms with E-state index < -0.39 is 37.3 Å². The lowest BCUT2D eigenvalue weighted by Crippen LogP contribution is -2.28. The van der Waals surface area contributed by atoms with Gasteiger partial charge in [-0.1, -0.05) is 116 Å². The lowest BCUT2D eigenvalue weighted by Gasteiger charge is -2.36. The Morgan fingerprint density at radius 3 is 1.89 bits per heavy atom. The van der Waals surface area contributed by atoms with Crippen molar-refractivity contribution < 1.29 is 13.7 Å². The Hall–Kier alpha value is -4.04. The zero-order chi connectivity index (χ0) is 32.9. The highest BCUT2D eigenvalue weighted by molar-refractivity contribution is 5.84. The zero-order valence-corrected chi connectivity index (χ0v) is 19.3. The summed E-state index contributed by atoms with van der Waals surface area (Å²) in [5.41, 5.74) is 1.50. The van der Waals surface area contributed by atoms with Crippen molar-refractivity contribution in [2.45, 2.75) is 37.3 Å². The van der Waals surface area contributed by atoms with E-state index >= 15 is 0 Å². The van der Waals surface area contributed by atoms with Gasteiger partial charge in [-0.3, -0.25) is 0 Å². The van der Waals surface area contributed by atoms with E-state index in [1.54, 1.807) is 42.5 Å². The molecule has 1 aromatic heterocycles. The molecule has 4 aromatic carbocycles. The fraction of sp³-hybridized carbons (Fsp3) is 0.176. The fourth-order valence-electron chi connectivity index (χ4n) is 5.09. The highest BCUT2D eigenvalue weighted by atomic mass is 14.9. The molecule has 1 fully saturated rings. The van der Waals surface area contributed by atoms with Gasteiger partial charge in [-0.2, -0.15) is 0 Å². The van der Waals surface area contributed by atoms with Crippen molar-refractivity contribution in [1.82, 2.24) is 9.97 Å². The molecule has 2 aliphatic rings. The van der Waals surface area contributed by atoms with E-state index in [1.807, 2.05) is 60.7 Å². The summed E-state index contributed by atoms with van der Waals surface area (Å²) in [5, 5.41) is 0. The quantitative estimate of drug-likeness (QED) is 0.261. The molecule has 0 bridgehead atoms. The molecular weight excluding hydrogens is 436 g/mol. The third kappa shape index (κ3) is 3.40. The minimum atomic E-state index is -3.52. The second-order valence-corrected chi connectivity index (χ2v) is 8.88. The summed E-state index contributed by atoms with van der Waals surface area (Å²) in [5.74, 6) is 0.430. The van der Waals surface area contributed by atoms with Crippen molar-refractivity contribution in [1.29, 1.82) is 0 Å². The standard InChI is InChI=1S/C34H28N2/c1-4-12-24(13-5-1)31-23-32(36-33(35-31)25-14-6-2-7-15-25)26-18-19-28-27-16-8-9-17-29(27)34(30(28)22-26)20-10-3-11-21-34/h1-2,4-9,12-19,22-23H,3,10-11,20-21H2/i3D2,10D2,11D2,20D2,21D2. The molecule has 1 spiro atoms. The van der Waals surface area contributed by atoms with E-state index in [9.17, 15) is 5.48 Å². The molecule has 2 aliphatic carbocycles. The van der Waals surface area contributed by atoms with E-state index in [0.29, 0.717) is 33.9 Å². The molecule has 0 atom stereocenters. The van der Waals surface area contributed by atoms with Gasteiger partial charge >= 0.3 is 0 Å². The van der Waals surface area contributed by atoms with Crippen LogP contribution in [0, 0.1) is 0 Å². The van der Waals surface area contributed by atoms with Crippen molar-refractivity contribution in [2.24, 2.45) is 0 Å². The number of aromatic nitrogens is 2. The topological polar surface area (TPSA) is 25.8 Å². The van der Waals surface area contributed by atoms with Gasteiger partial charge in [0.1, 0.15) is 0 Å². The molecule has 0 unspecified atom stereocenters. The summed E-state index contributed by atoms with van der Waals surface area (Å²) in [6.45, 7) is 0. The fourth-order valence-corrected chi connectivity index (χ4v) is 5.09. The molecule has 1 heterocycles. The van der Waals surface area contributed by atoms with Crippen LogP contribution < -0.4 is 0 Å². The lowest BCUT2D eigenvalue weighted by atomic mass is 9.67. The molecule has 2 nitrogen and oxygen atoms in total. The van der Waals surface area contributed by atoms with Crippen molar-refractivity contribution in [3.05, 3.63) is 120 Å². The first kappa shape index (κ1) is 13.3. The van der Waals surface area contributed by atoms with E-state index in [0.717, 1.165) is 11.1 Å². The van der Waals surface area contributed by atoms with Crippen molar-refractivity contribution >= 4 is 0 Å². The van der Waals surface area contributed by atoms with E-state index in [1.165, 1.54) is 6.07 Å². The third-order valence-electron chi connectivity index (χ3n) is 6.79. The van der Waals surface area contributed by atoms with Gasteiger partial charge in [0.2, 0.25) is 0 Å². The largest absolute Gasteiger partial charge is 0.228 e. The van der Waals surface area contributed by atoms with Crippen molar-refractivity contribution in [3.8, 4) is 45.0 Å². The maximum Gasteiger partial charge on any atom is 0.160 e. The molecule has 174 valence electrons. The number of rotatable bonds is 3. The summed E-state index contributed by atoms with van der Waals surface area (Å²) >= 11 is 0. The second-order valence-electron chi connectivity index (χ2n) is 8.88. The van der Waals surface area contributed by atoms with Crippen LogP contribution in [0.15, 0.2) is 109 Å². The SMILES string of the molecule is [2H]C1([2H])C([2H])([2H])C([2H])([2H])C2(c3ccccc3-c3ccc(-c4cc(-c5ccccc5)nc(-c5ccccc5)n4)cc32)C([2H])([2H])C1([2H])[2H]. The number of fused-ring (bicyclic) bond motifs is 5. The Labute approximate surface area is 226 Å². The van der Waals surface area contributed by atoms with Crippen LogP contribution in [0.3, 0.4) is 0 Å². The molecule has 7 rings (SSSR count). The Balaban J connectivity index is 1.54. The van der Waals surface area contributed by atoms with Crippen LogP contribution in [0.4, 0.5) is 0 Å². The first-order valence-corrected chi connectivity index (χ1v) is 11.9. The highest BCUT2D eigenvalue weighted by Crippen LogP contribution is 2.56. The molecule has 0 N–H and O–H groups in total. The van der Waals surface area contributed by atoms with Crippen LogP contribution in [-0.4, -0.2) is 9.97 Å². The van der Waals surface area contributed by atoms with E-state index in [2.05, 4.69) is 0 Å². The van der Waals surface area contributed by atoms with Gasteiger partial charge in [0.05, 0.1) is 11.4 Å². The third-order valence-corrected chi connectivity index (χ3v) is 6.79. The molecule has 0 amide bonds. The molecule has 0 saturated heterocycles. The van der Waals surface area contributed by atoms with Gasteiger partial charge in [-0.05, 0) is 47.1 Å². The Bertz CT molecular complexity index is 1900. The van der Waals surface area contributed by atoms with Crippen molar-refractivity contribution in [3.63, 3.8) is 0 Å². The number of hydrogen-bond acceptors (Lipinski definition) is 2. The molecule has 36 heavy (non-hydrogen) atoms. The van der Waals surface area contributed by atoms with E-state index in [4.69, 9.17) is 18.2 Å². The number of nitrogens with zero attached hydrogens (tertiary/aromatic N) is 2. The summed E-state index contributed by atoms with van der Waals surface area (Å²) in [7, 11) is 0. The maximum atomic E-state index is 9.31. The molecule has 0 radical (unpaired) electrons. The Morgan fingerprint density at radius 2 is 1.14 bits per heavy atom. The first-order chi connectivity index (χ1) is 21.6. The number of hydrogen-bond donors (Lipinski definition) is 0. The Morgan fingerprint density at radius 1 is 0.528 bits per heavy atom. The van der Waals surface area contributed by atoms with Crippen molar-refractivity contribution in [2.75, 3.05) is 0 Å². The predicted octanol–water partition coefficient (Wildman–Crippen LogP) is 8.71. The van der Waals surface area contributed by atoms with Crippen LogP contribution >= 0.6 is 0 Å². The highest BCUT2D eigenvalue weighted by Gasteiger charge is 2.43. The molecule has 0 aliphatic heterocycles. The van der Waals surface area contributed by atoms with Crippen LogP contribution in [0.2, 0.25) is 0 Å². The lowest BCUT2D eigenvalue weighted by molar-refractivity contribution is 0.353. The summed E-state index contributed by atoms with van der Waals surface area (Å²) < 4.78 is 89.3. The van der Waals surface area contributed by atoms with Crippen LogP contribution in [0.25, 0.3) is 45.0 Å². The van der Waals surface area contributed by atoms with Crippen LogP contribution in [0.5, 0.6) is 0 Å².